The highest BCUT2D eigenvalue weighted by Gasteiger charge is 2.27. The Morgan fingerprint density at radius 3 is 2.74 bits per heavy atom. The Bertz CT molecular complexity index is 470. The number of nitrogens with two attached hydrogens (primary N) is 1. The predicted molar refractivity (Wildman–Crippen MR) is 86.7 cm³/mol. The van der Waals surface area contributed by atoms with Crippen molar-refractivity contribution in [3.8, 4) is 0 Å². The van der Waals surface area contributed by atoms with Crippen molar-refractivity contribution < 1.29 is 0 Å². The normalized spacial score (nSPS) is 27.0. The first kappa shape index (κ1) is 14.3. The van der Waals surface area contributed by atoms with E-state index in [-0.39, 0.29) is 0 Å². The van der Waals surface area contributed by atoms with Crippen LogP contribution in [0.25, 0.3) is 0 Å². The Labute approximate surface area is 121 Å². The average molecular weight is 276 g/mol. The lowest BCUT2D eigenvalue weighted by Gasteiger charge is -2.36. The van der Waals surface area contributed by atoms with Gasteiger partial charge in [-0.25, -0.2) is 0 Å². The summed E-state index contributed by atoms with van der Waals surface area (Å²) in [7, 11) is 0. The number of nitrogens with one attached hydrogen (secondary N) is 1. The van der Waals surface area contributed by atoms with Crippen molar-refractivity contribution in [1.82, 2.24) is 0 Å². The zero-order valence-corrected chi connectivity index (χ0v) is 12.9. The van der Waals surface area contributed by atoms with Gasteiger partial charge in [0.05, 0.1) is 0 Å². The molecule has 1 aliphatic carbocycles. The van der Waals surface area contributed by atoms with Crippen LogP contribution in [0, 0.1) is 18.8 Å². The molecule has 3 atom stereocenters. The summed E-state index contributed by atoms with van der Waals surface area (Å²) in [5.41, 5.74) is 9.16. The summed E-state index contributed by atoms with van der Waals surface area (Å²) >= 11 is 5.17. The van der Waals surface area contributed by atoms with E-state index >= 15 is 0 Å². The van der Waals surface area contributed by atoms with Gasteiger partial charge >= 0.3 is 0 Å². The second kappa shape index (κ2) is 5.91. The zero-order chi connectivity index (χ0) is 14.0. The SMILES string of the molecule is Cc1cccc(C(N)=S)c1NC1CCCC(C)C1C. The fourth-order valence-electron chi connectivity index (χ4n) is 3.04. The summed E-state index contributed by atoms with van der Waals surface area (Å²) < 4.78 is 0. The molecule has 0 spiro atoms. The summed E-state index contributed by atoms with van der Waals surface area (Å²) in [6.07, 6.45) is 3.88. The first-order chi connectivity index (χ1) is 9.00. The van der Waals surface area contributed by atoms with E-state index in [4.69, 9.17) is 18.0 Å². The van der Waals surface area contributed by atoms with Gasteiger partial charge in [-0.2, -0.15) is 0 Å². The maximum atomic E-state index is 5.84. The van der Waals surface area contributed by atoms with Gasteiger partial charge in [-0.15, -0.1) is 0 Å². The van der Waals surface area contributed by atoms with Crippen LogP contribution >= 0.6 is 12.2 Å². The zero-order valence-electron chi connectivity index (χ0n) is 12.1. The number of rotatable bonds is 3. The molecule has 1 aromatic rings. The van der Waals surface area contributed by atoms with Gasteiger partial charge in [0.2, 0.25) is 0 Å². The number of anilines is 1. The number of aryl methyl sites for hydroxylation is 1. The van der Waals surface area contributed by atoms with E-state index < -0.39 is 0 Å². The number of hydrogen-bond acceptors (Lipinski definition) is 2. The molecule has 3 N–H and O–H groups in total. The first-order valence-electron chi connectivity index (χ1n) is 7.16. The molecule has 3 unspecified atom stereocenters. The predicted octanol–water partition coefficient (Wildman–Crippen LogP) is 3.87. The van der Waals surface area contributed by atoms with Crippen LogP contribution in [0.15, 0.2) is 18.2 Å². The van der Waals surface area contributed by atoms with Gasteiger partial charge in [-0.3, -0.25) is 0 Å². The number of thiocarbonyl (C=S) groups is 1. The van der Waals surface area contributed by atoms with Gasteiger partial charge in [0.25, 0.3) is 0 Å². The standard InChI is InChI=1S/C16H24N2S/c1-10-6-5-9-14(12(10)3)18-15-11(2)7-4-8-13(15)16(17)19/h4,7-8,10,12,14,18H,5-6,9H2,1-3H3,(H2,17,19). The molecule has 2 nitrogen and oxygen atoms in total. The Balaban J connectivity index is 2.25. The largest absolute Gasteiger partial charge is 0.389 e. The summed E-state index contributed by atoms with van der Waals surface area (Å²) in [5.74, 6) is 1.47. The Hall–Kier alpha value is -1.09. The van der Waals surface area contributed by atoms with Crippen molar-refractivity contribution in [2.45, 2.75) is 46.1 Å². The van der Waals surface area contributed by atoms with Crippen molar-refractivity contribution in [1.29, 1.82) is 0 Å². The van der Waals surface area contributed by atoms with Gasteiger partial charge < -0.3 is 11.1 Å². The Morgan fingerprint density at radius 1 is 1.32 bits per heavy atom. The van der Waals surface area contributed by atoms with Crippen LogP contribution in [0.1, 0.15) is 44.2 Å². The Kier molecular flexibility index (Phi) is 4.46. The van der Waals surface area contributed by atoms with Crippen LogP contribution in [-0.2, 0) is 0 Å². The lowest BCUT2D eigenvalue weighted by atomic mass is 9.78. The van der Waals surface area contributed by atoms with Crippen molar-refractivity contribution in [3.05, 3.63) is 29.3 Å². The molecule has 0 heterocycles. The third-order valence-electron chi connectivity index (χ3n) is 4.57. The molecule has 1 aliphatic rings. The molecule has 0 bridgehead atoms. The summed E-state index contributed by atoms with van der Waals surface area (Å²) in [4.78, 5) is 0.475. The third kappa shape index (κ3) is 3.08. The monoisotopic (exact) mass is 276 g/mol. The molecular formula is C16H24N2S. The number of para-hydroxylation sites is 1. The fourth-order valence-corrected chi connectivity index (χ4v) is 3.21. The van der Waals surface area contributed by atoms with E-state index in [0.29, 0.717) is 16.9 Å². The minimum Gasteiger partial charge on any atom is -0.389 e. The molecular weight excluding hydrogens is 252 g/mol. The molecule has 104 valence electrons. The van der Waals surface area contributed by atoms with Crippen LogP contribution < -0.4 is 11.1 Å². The molecule has 19 heavy (non-hydrogen) atoms. The van der Waals surface area contributed by atoms with Gasteiger partial charge in [-0.05, 0) is 36.8 Å². The Morgan fingerprint density at radius 2 is 2.05 bits per heavy atom. The van der Waals surface area contributed by atoms with Gasteiger partial charge in [0, 0.05) is 17.3 Å². The van der Waals surface area contributed by atoms with Gasteiger partial charge in [-0.1, -0.05) is 51.0 Å². The average Bonchev–Trinajstić information content (AvgIpc) is 2.36. The smallest absolute Gasteiger partial charge is 0.106 e. The molecule has 0 saturated heterocycles. The second-order valence-electron chi connectivity index (χ2n) is 5.88. The van der Waals surface area contributed by atoms with Crippen molar-refractivity contribution in [2.75, 3.05) is 5.32 Å². The van der Waals surface area contributed by atoms with E-state index in [1.807, 2.05) is 12.1 Å². The van der Waals surface area contributed by atoms with Crippen LogP contribution in [-0.4, -0.2) is 11.0 Å². The van der Waals surface area contributed by atoms with Crippen molar-refractivity contribution in [2.24, 2.45) is 17.6 Å². The lowest BCUT2D eigenvalue weighted by Crippen LogP contribution is -2.35. The van der Waals surface area contributed by atoms with Crippen LogP contribution in [0.4, 0.5) is 5.69 Å². The molecule has 1 fully saturated rings. The molecule has 1 saturated carbocycles. The third-order valence-corrected chi connectivity index (χ3v) is 4.79. The fraction of sp³-hybridized carbons (Fsp3) is 0.562. The first-order valence-corrected chi connectivity index (χ1v) is 7.57. The number of benzene rings is 1. The molecule has 0 amide bonds. The summed E-state index contributed by atoms with van der Waals surface area (Å²) in [6.45, 7) is 6.81. The molecule has 0 radical (unpaired) electrons. The highest BCUT2D eigenvalue weighted by Crippen LogP contribution is 2.33. The molecule has 0 aliphatic heterocycles. The van der Waals surface area contributed by atoms with E-state index in [1.165, 1.54) is 24.8 Å². The lowest BCUT2D eigenvalue weighted by molar-refractivity contribution is 0.253. The van der Waals surface area contributed by atoms with Crippen molar-refractivity contribution >= 4 is 22.9 Å². The maximum absolute atomic E-state index is 5.84. The second-order valence-corrected chi connectivity index (χ2v) is 6.32. The number of hydrogen-bond donors (Lipinski definition) is 2. The maximum Gasteiger partial charge on any atom is 0.106 e. The van der Waals surface area contributed by atoms with Crippen molar-refractivity contribution in [3.63, 3.8) is 0 Å². The van der Waals surface area contributed by atoms with E-state index in [9.17, 15) is 0 Å². The van der Waals surface area contributed by atoms with E-state index in [2.05, 4.69) is 32.2 Å². The van der Waals surface area contributed by atoms with E-state index in [1.54, 1.807) is 0 Å². The minimum atomic E-state index is 0.475. The van der Waals surface area contributed by atoms with Crippen LogP contribution in [0.5, 0.6) is 0 Å². The van der Waals surface area contributed by atoms with Gasteiger partial charge in [0.1, 0.15) is 4.99 Å². The summed E-state index contributed by atoms with van der Waals surface area (Å²) in [5, 5.41) is 3.71. The minimum absolute atomic E-state index is 0.475. The molecule has 1 aromatic carbocycles. The van der Waals surface area contributed by atoms with Gasteiger partial charge in [0.15, 0.2) is 0 Å². The van der Waals surface area contributed by atoms with E-state index in [0.717, 1.165) is 17.2 Å². The topological polar surface area (TPSA) is 38.0 Å². The highest BCUT2D eigenvalue weighted by atomic mass is 32.1. The van der Waals surface area contributed by atoms with Crippen LogP contribution in [0.2, 0.25) is 0 Å². The molecule has 0 aromatic heterocycles. The molecule has 2 rings (SSSR count). The summed E-state index contributed by atoms with van der Waals surface area (Å²) in [6, 6.07) is 6.66. The molecule has 3 heteroatoms. The quantitative estimate of drug-likeness (QED) is 0.823. The highest BCUT2D eigenvalue weighted by molar-refractivity contribution is 7.80. The van der Waals surface area contributed by atoms with Crippen LogP contribution in [0.3, 0.4) is 0 Å².